The minimum atomic E-state index is 0.262. The molecule has 1 aromatic rings. The molecule has 3 heteroatoms. The quantitative estimate of drug-likeness (QED) is 0.735. The van der Waals surface area contributed by atoms with Crippen LogP contribution in [0.4, 0.5) is 0 Å². The fourth-order valence-corrected chi connectivity index (χ4v) is 1.49. The molecule has 2 heterocycles. The van der Waals surface area contributed by atoms with Crippen molar-refractivity contribution in [3.8, 4) is 5.88 Å². The first kappa shape index (κ1) is 9.46. The number of hydrogen-bond donors (Lipinski definition) is 0. The molecule has 2 rings (SSSR count). The van der Waals surface area contributed by atoms with Crippen LogP contribution in [0.5, 0.6) is 5.88 Å². The molecular formula is C11H15NO2. The maximum Gasteiger partial charge on any atom is 0.213 e. The highest BCUT2D eigenvalue weighted by Crippen LogP contribution is 2.14. The standard InChI is InChI=1S/C11H15NO2/c1-9-4-5-11(12-7-9)14-8-10-3-2-6-13-10/h4-5,7,10H,2-3,6,8H2,1H3. The molecule has 1 atom stereocenters. The van der Waals surface area contributed by atoms with Gasteiger partial charge in [0.2, 0.25) is 5.88 Å². The van der Waals surface area contributed by atoms with E-state index in [4.69, 9.17) is 9.47 Å². The number of aromatic nitrogens is 1. The Morgan fingerprint density at radius 2 is 2.50 bits per heavy atom. The Morgan fingerprint density at radius 3 is 3.14 bits per heavy atom. The molecule has 1 aliphatic heterocycles. The predicted octanol–water partition coefficient (Wildman–Crippen LogP) is 1.95. The van der Waals surface area contributed by atoms with Crippen molar-refractivity contribution in [2.45, 2.75) is 25.9 Å². The van der Waals surface area contributed by atoms with Crippen LogP contribution in [0.15, 0.2) is 18.3 Å². The topological polar surface area (TPSA) is 31.4 Å². The number of aryl methyl sites for hydroxylation is 1. The molecule has 0 aromatic carbocycles. The van der Waals surface area contributed by atoms with E-state index in [1.54, 1.807) is 0 Å². The minimum Gasteiger partial charge on any atom is -0.475 e. The third kappa shape index (κ3) is 2.45. The third-order valence-electron chi connectivity index (χ3n) is 2.33. The van der Waals surface area contributed by atoms with Crippen molar-refractivity contribution in [2.75, 3.05) is 13.2 Å². The van der Waals surface area contributed by atoms with Gasteiger partial charge in [-0.25, -0.2) is 4.98 Å². The molecule has 14 heavy (non-hydrogen) atoms. The van der Waals surface area contributed by atoms with E-state index in [1.807, 2.05) is 25.3 Å². The van der Waals surface area contributed by atoms with Crippen molar-refractivity contribution >= 4 is 0 Å². The van der Waals surface area contributed by atoms with Gasteiger partial charge in [0.15, 0.2) is 0 Å². The molecule has 0 bridgehead atoms. The molecule has 1 unspecified atom stereocenters. The van der Waals surface area contributed by atoms with Gasteiger partial charge in [-0.15, -0.1) is 0 Å². The van der Waals surface area contributed by atoms with Gasteiger partial charge in [0.25, 0.3) is 0 Å². The van der Waals surface area contributed by atoms with Crippen LogP contribution in [-0.4, -0.2) is 24.3 Å². The maximum atomic E-state index is 5.51. The lowest BCUT2D eigenvalue weighted by Gasteiger charge is -2.10. The van der Waals surface area contributed by atoms with Crippen LogP contribution in [0.2, 0.25) is 0 Å². The van der Waals surface area contributed by atoms with E-state index in [9.17, 15) is 0 Å². The molecule has 3 nitrogen and oxygen atoms in total. The van der Waals surface area contributed by atoms with E-state index in [-0.39, 0.29) is 6.10 Å². The molecule has 1 aromatic heterocycles. The molecule has 0 saturated carbocycles. The first-order valence-electron chi connectivity index (χ1n) is 5.01. The summed E-state index contributed by atoms with van der Waals surface area (Å²) in [5, 5.41) is 0. The van der Waals surface area contributed by atoms with Gasteiger partial charge >= 0.3 is 0 Å². The SMILES string of the molecule is Cc1ccc(OCC2CCCO2)nc1. The van der Waals surface area contributed by atoms with Crippen molar-refractivity contribution in [3.05, 3.63) is 23.9 Å². The minimum absolute atomic E-state index is 0.262. The Balaban J connectivity index is 1.82. The van der Waals surface area contributed by atoms with Crippen LogP contribution in [0.25, 0.3) is 0 Å². The molecule has 0 N–H and O–H groups in total. The van der Waals surface area contributed by atoms with E-state index in [0.29, 0.717) is 12.5 Å². The lowest BCUT2D eigenvalue weighted by atomic mass is 10.2. The Bertz CT molecular complexity index is 278. The largest absolute Gasteiger partial charge is 0.475 e. The van der Waals surface area contributed by atoms with Gasteiger partial charge in [-0.05, 0) is 25.3 Å². The van der Waals surface area contributed by atoms with Gasteiger partial charge in [0, 0.05) is 18.9 Å². The second-order valence-electron chi connectivity index (χ2n) is 3.62. The monoisotopic (exact) mass is 193 g/mol. The predicted molar refractivity (Wildman–Crippen MR) is 53.4 cm³/mol. The van der Waals surface area contributed by atoms with Crippen molar-refractivity contribution < 1.29 is 9.47 Å². The van der Waals surface area contributed by atoms with Crippen molar-refractivity contribution in [1.29, 1.82) is 0 Å². The molecule has 0 spiro atoms. The van der Waals surface area contributed by atoms with E-state index in [2.05, 4.69) is 4.98 Å². The molecule has 1 fully saturated rings. The Kier molecular flexibility index (Phi) is 2.99. The van der Waals surface area contributed by atoms with Crippen LogP contribution in [0, 0.1) is 6.92 Å². The number of pyridine rings is 1. The lowest BCUT2D eigenvalue weighted by molar-refractivity contribution is 0.0663. The fraction of sp³-hybridized carbons (Fsp3) is 0.545. The summed E-state index contributed by atoms with van der Waals surface area (Å²) in [5.41, 5.74) is 1.15. The Hall–Kier alpha value is -1.09. The number of hydrogen-bond acceptors (Lipinski definition) is 3. The van der Waals surface area contributed by atoms with Crippen LogP contribution in [-0.2, 0) is 4.74 Å². The van der Waals surface area contributed by atoms with Crippen molar-refractivity contribution in [1.82, 2.24) is 4.98 Å². The van der Waals surface area contributed by atoms with Gasteiger partial charge < -0.3 is 9.47 Å². The second kappa shape index (κ2) is 4.42. The van der Waals surface area contributed by atoms with Crippen LogP contribution in [0.1, 0.15) is 18.4 Å². The maximum absolute atomic E-state index is 5.51. The van der Waals surface area contributed by atoms with Gasteiger partial charge in [-0.2, -0.15) is 0 Å². The Labute approximate surface area is 84.1 Å². The summed E-state index contributed by atoms with van der Waals surface area (Å²) < 4.78 is 11.0. The smallest absolute Gasteiger partial charge is 0.213 e. The molecule has 1 aliphatic rings. The Morgan fingerprint density at radius 1 is 1.57 bits per heavy atom. The lowest BCUT2D eigenvalue weighted by Crippen LogP contribution is -2.16. The van der Waals surface area contributed by atoms with Crippen LogP contribution in [0.3, 0.4) is 0 Å². The van der Waals surface area contributed by atoms with Crippen LogP contribution >= 0.6 is 0 Å². The molecule has 1 saturated heterocycles. The van der Waals surface area contributed by atoms with Crippen LogP contribution < -0.4 is 4.74 Å². The highest BCUT2D eigenvalue weighted by molar-refractivity contribution is 5.16. The molecule has 0 radical (unpaired) electrons. The molecular weight excluding hydrogens is 178 g/mol. The number of rotatable bonds is 3. The average Bonchev–Trinajstić information content (AvgIpc) is 2.70. The van der Waals surface area contributed by atoms with Gasteiger partial charge in [0.05, 0.1) is 6.10 Å². The average molecular weight is 193 g/mol. The van der Waals surface area contributed by atoms with Crippen molar-refractivity contribution in [2.24, 2.45) is 0 Å². The highest BCUT2D eigenvalue weighted by Gasteiger charge is 2.15. The highest BCUT2D eigenvalue weighted by atomic mass is 16.5. The third-order valence-corrected chi connectivity index (χ3v) is 2.33. The van der Waals surface area contributed by atoms with Gasteiger partial charge in [-0.3, -0.25) is 0 Å². The molecule has 0 amide bonds. The van der Waals surface area contributed by atoms with E-state index in [0.717, 1.165) is 25.0 Å². The first-order chi connectivity index (χ1) is 6.84. The van der Waals surface area contributed by atoms with E-state index < -0.39 is 0 Å². The first-order valence-corrected chi connectivity index (χ1v) is 5.01. The normalized spacial score (nSPS) is 21.1. The summed E-state index contributed by atoms with van der Waals surface area (Å²) in [7, 11) is 0. The zero-order valence-corrected chi connectivity index (χ0v) is 8.40. The van der Waals surface area contributed by atoms with Gasteiger partial charge in [-0.1, -0.05) is 6.07 Å². The zero-order valence-electron chi connectivity index (χ0n) is 8.40. The number of nitrogens with zero attached hydrogens (tertiary/aromatic N) is 1. The summed E-state index contributed by atoms with van der Waals surface area (Å²) in [5.74, 6) is 0.686. The molecule has 0 aliphatic carbocycles. The summed E-state index contributed by atoms with van der Waals surface area (Å²) in [6.07, 6.45) is 4.32. The summed E-state index contributed by atoms with van der Waals surface area (Å²) >= 11 is 0. The summed E-state index contributed by atoms with van der Waals surface area (Å²) in [4.78, 5) is 4.16. The zero-order chi connectivity index (χ0) is 9.80. The summed E-state index contributed by atoms with van der Waals surface area (Å²) in [6, 6.07) is 3.89. The van der Waals surface area contributed by atoms with E-state index >= 15 is 0 Å². The van der Waals surface area contributed by atoms with Gasteiger partial charge in [0.1, 0.15) is 6.61 Å². The summed E-state index contributed by atoms with van der Waals surface area (Å²) in [6.45, 7) is 3.50. The number of ether oxygens (including phenoxy) is 2. The fourth-order valence-electron chi connectivity index (χ4n) is 1.49. The second-order valence-corrected chi connectivity index (χ2v) is 3.62. The molecule has 76 valence electrons. The van der Waals surface area contributed by atoms with Crippen molar-refractivity contribution in [3.63, 3.8) is 0 Å². The van der Waals surface area contributed by atoms with E-state index in [1.165, 1.54) is 0 Å².